The zero-order valence-corrected chi connectivity index (χ0v) is 12.3. The summed E-state index contributed by atoms with van der Waals surface area (Å²) in [6.45, 7) is 1.24. The summed E-state index contributed by atoms with van der Waals surface area (Å²) in [6, 6.07) is 9.73. The first-order valence-corrected chi connectivity index (χ1v) is 7.30. The standard InChI is InChI=1S/C14H17ClN2OS/c1-18-13-6-2-5-11(15)14(13)12(8-16)17-9-10-4-3-7-19-10/h2-7,12,17H,8-9,16H2,1H3. The van der Waals surface area contributed by atoms with E-state index in [9.17, 15) is 0 Å². The van der Waals surface area contributed by atoms with Crippen molar-refractivity contribution in [1.82, 2.24) is 5.32 Å². The van der Waals surface area contributed by atoms with Crippen molar-refractivity contribution >= 4 is 22.9 Å². The van der Waals surface area contributed by atoms with Crippen molar-refractivity contribution < 1.29 is 4.74 Å². The molecule has 0 amide bonds. The fourth-order valence-corrected chi connectivity index (χ4v) is 2.93. The highest BCUT2D eigenvalue weighted by atomic mass is 35.5. The van der Waals surface area contributed by atoms with Gasteiger partial charge in [0.15, 0.2) is 0 Å². The molecule has 0 aliphatic heterocycles. The van der Waals surface area contributed by atoms with Gasteiger partial charge in [-0.2, -0.15) is 0 Å². The number of hydrogen-bond acceptors (Lipinski definition) is 4. The molecule has 1 aromatic heterocycles. The normalized spacial score (nSPS) is 12.4. The number of halogens is 1. The summed E-state index contributed by atoms with van der Waals surface area (Å²) in [4.78, 5) is 1.27. The monoisotopic (exact) mass is 296 g/mol. The minimum atomic E-state index is -0.0225. The molecule has 2 rings (SSSR count). The summed E-state index contributed by atoms with van der Waals surface area (Å²) >= 11 is 7.99. The summed E-state index contributed by atoms with van der Waals surface area (Å²) in [5.74, 6) is 0.765. The number of nitrogens with one attached hydrogen (secondary N) is 1. The smallest absolute Gasteiger partial charge is 0.125 e. The van der Waals surface area contributed by atoms with Gasteiger partial charge in [-0.3, -0.25) is 0 Å². The molecule has 1 unspecified atom stereocenters. The lowest BCUT2D eigenvalue weighted by Gasteiger charge is -2.20. The molecule has 3 nitrogen and oxygen atoms in total. The Balaban J connectivity index is 2.17. The maximum atomic E-state index is 6.27. The maximum Gasteiger partial charge on any atom is 0.125 e. The van der Waals surface area contributed by atoms with Crippen LogP contribution in [0.15, 0.2) is 35.7 Å². The molecule has 1 aromatic carbocycles. The van der Waals surface area contributed by atoms with Crippen LogP contribution in [0.2, 0.25) is 5.02 Å². The third-order valence-corrected chi connectivity index (χ3v) is 4.13. The first kappa shape index (κ1) is 14.3. The van der Waals surface area contributed by atoms with E-state index in [1.54, 1.807) is 18.4 Å². The summed E-state index contributed by atoms with van der Waals surface area (Å²) in [5.41, 5.74) is 6.79. The van der Waals surface area contributed by atoms with Gasteiger partial charge in [-0.05, 0) is 23.6 Å². The van der Waals surface area contributed by atoms with Crippen molar-refractivity contribution in [3.63, 3.8) is 0 Å². The summed E-state index contributed by atoms with van der Waals surface area (Å²) in [5, 5.41) is 6.16. The van der Waals surface area contributed by atoms with E-state index < -0.39 is 0 Å². The lowest BCUT2D eigenvalue weighted by Crippen LogP contribution is -2.28. The highest BCUT2D eigenvalue weighted by Gasteiger charge is 2.17. The molecule has 2 aromatic rings. The maximum absolute atomic E-state index is 6.27. The Hall–Kier alpha value is -1.07. The summed E-state index contributed by atoms with van der Waals surface area (Å²) in [6.07, 6.45) is 0. The van der Waals surface area contributed by atoms with Gasteiger partial charge in [-0.25, -0.2) is 0 Å². The van der Waals surface area contributed by atoms with Crippen LogP contribution < -0.4 is 15.8 Å². The summed E-state index contributed by atoms with van der Waals surface area (Å²) < 4.78 is 5.37. The van der Waals surface area contributed by atoms with Crippen LogP contribution in [-0.4, -0.2) is 13.7 Å². The lowest BCUT2D eigenvalue weighted by molar-refractivity contribution is 0.399. The van der Waals surface area contributed by atoms with Crippen molar-refractivity contribution in [2.45, 2.75) is 12.6 Å². The molecule has 0 aliphatic rings. The number of hydrogen-bond donors (Lipinski definition) is 2. The zero-order valence-electron chi connectivity index (χ0n) is 10.7. The Labute approximate surface area is 122 Å². The second-order valence-electron chi connectivity index (χ2n) is 4.10. The van der Waals surface area contributed by atoms with E-state index in [0.29, 0.717) is 11.6 Å². The first-order valence-electron chi connectivity index (χ1n) is 6.04. The second-order valence-corrected chi connectivity index (χ2v) is 5.54. The molecule has 0 spiro atoms. The van der Waals surface area contributed by atoms with Crippen molar-refractivity contribution in [3.8, 4) is 5.75 Å². The Morgan fingerprint density at radius 3 is 2.84 bits per heavy atom. The predicted octanol–water partition coefficient (Wildman–Crippen LogP) is 3.20. The van der Waals surface area contributed by atoms with E-state index in [2.05, 4.69) is 16.8 Å². The van der Waals surface area contributed by atoms with Crippen molar-refractivity contribution in [2.75, 3.05) is 13.7 Å². The largest absolute Gasteiger partial charge is 0.496 e. The topological polar surface area (TPSA) is 47.3 Å². The SMILES string of the molecule is COc1cccc(Cl)c1C(CN)NCc1cccs1. The molecule has 1 atom stereocenters. The Morgan fingerprint density at radius 1 is 1.37 bits per heavy atom. The molecule has 0 saturated carbocycles. The van der Waals surface area contributed by atoms with Crippen LogP contribution in [0.4, 0.5) is 0 Å². The van der Waals surface area contributed by atoms with Gasteiger partial charge in [0.1, 0.15) is 5.75 Å². The number of methoxy groups -OCH3 is 1. The molecule has 0 fully saturated rings. The minimum absolute atomic E-state index is 0.0225. The van der Waals surface area contributed by atoms with Crippen LogP contribution in [0.5, 0.6) is 5.75 Å². The number of nitrogens with two attached hydrogens (primary N) is 1. The van der Waals surface area contributed by atoms with Gasteiger partial charge in [0.25, 0.3) is 0 Å². The van der Waals surface area contributed by atoms with Crippen molar-refractivity contribution in [2.24, 2.45) is 5.73 Å². The van der Waals surface area contributed by atoms with Crippen LogP contribution in [0, 0.1) is 0 Å². The highest BCUT2D eigenvalue weighted by molar-refractivity contribution is 7.09. The molecule has 3 N–H and O–H groups in total. The zero-order chi connectivity index (χ0) is 13.7. The number of rotatable bonds is 6. The van der Waals surface area contributed by atoms with Crippen LogP contribution in [0.1, 0.15) is 16.5 Å². The van der Waals surface area contributed by atoms with E-state index in [0.717, 1.165) is 17.9 Å². The van der Waals surface area contributed by atoms with Crippen molar-refractivity contribution in [3.05, 3.63) is 51.2 Å². The number of thiophene rings is 1. The number of ether oxygens (including phenoxy) is 1. The van der Waals surface area contributed by atoms with Crippen LogP contribution in [0.3, 0.4) is 0 Å². The predicted molar refractivity (Wildman–Crippen MR) is 81.0 cm³/mol. The molecule has 102 valence electrons. The molecule has 0 bridgehead atoms. The fourth-order valence-electron chi connectivity index (χ4n) is 1.97. The van der Waals surface area contributed by atoms with Crippen molar-refractivity contribution in [1.29, 1.82) is 0 Å². The summed E-state index contributed by atoms with van der Waals surface area (Å²) in [7, 11) is 1.64. The van der Waals surface area contributed by atoms with E-state index in [4.69, 9.17) is 22.1 Å². The Morgan fingerprint density at radius 2 is 2.21 bits per heavy atom. The highest BCUT2D eigenvalue weighted by Crippen LogP contribution is 2.31. The third-order valence-electron chi connectivity index (χ3n) is 2.92. The average molecular weight is 297 g/mol. The first-order chi connectivity index (χ1) is 9.26. The van der Waals surface area contributed by atoms with Crippen LogP contribution in [0.25, 0.3) is 0 Å². The van der Waals surface area contributed by atoms with Gasteiger partial charge >= 0.3 is 0 Å². The van der Waals surface area contributed by atoms with E-state index in [-0.39, 0.29) is 6.04 Å². The molecule has 1 heterocycles. The van der Waals surface area contributed by atoms with E-state index in [1.807, 2.05) is 24.3 Å². The second kappa shape index (κ2) is 6.91. The lowest BCUT2D eigenvalue weighted by atomic mass is 10.1. The minimum Gasteiger partial charge on any atom is -0.496 e. The molecular weight excluding hydrogens is 280 g/mol. The molecule has 19 heavy (non-hydrogen) atoms. The van der Waals surface area contributed by atoms with Gasteiger partial charge in [0, 0.05) is 34.6 Å². The molecule has 0 aliphatic carbocycles. The molecule has 5 heteroatoms. The molecule has 0 saturated heterocycles. The van der Waals surface area contributed by atoms with Crippen LogP contribution >= 0.6 is 22.9 Å². The number of benzene rings is 1. The van der Waals surface area contributed by atoms with Gasteiger partial charge in [0.05, 0.1) is 7.11 Å². The van der Waals surface area contributed by atoms with Gasteiger partial charge in [-0.15, -0.1) is 11.3 Å². The van der Waals surface area contributed by atoms with Gasteiger partial charge < -0.3 is 15.8 Å². The van der Waals surface area contributed by atoms with Crippen LogP contribution in [-0.2, 0) is 6.54 Å². The quantitative estimate of drug-likeness (QED) is 0.860. The molecular formula is C14H17ClN2OS. The van der Waals surface area contributed by atoms with E-state index >= 15 is 0 Å². The van der Waals surface area contributed by atoms with Gasteiger partial charge in [0.2, 0.25) is 0 Å². The van der Waals surface area contributed by atoms with E-state index in [1.165, 1.54) is 4.88 Å². The Bertz CT molecular complexity index is 516. The Kier molecular flexibility index (Phi) is 5.22. The van der Waals surface area contributed by atoms with Gasteiger partial charge in [-0.1, -0.05) is 23.7 Å². The average Bonchev–Trinajstić information content (AvgIpc) is 2.94. The molecule has 0 radical (unpaired) electrons. The third kappa shape index (κ3) is 3.48. The fraction of sp³-hybridized carbons (Fsp3) is 0.286.